The molecule has 2 aliphatic carbocycles. The molecule has 6 rings (SSSR count). The minimum absolute atomic E-state index is 0.000614. The molecule has 3 aliphatic rings. The minimum atomic E-state index is -3.83. The van der Waals surface area contributed by atoms with Gasteiger partial charge in [-0.25, -0.2) is 33.6 Å². The molecule has 3 aromatic rings. The van der Waals surface area contributed by atoms with Gasteiger partial charge in [0.05, 0.1) is 16.8 Å². The van der Waals surface area contributed by atoms with Crippen molar-refractivity contribution >= 4 is 33.0 Å². The van der Waals surface area contributed by atoms with Crippen molar-refractivity contribution in [3.8, 4) is 0 Å². The molecule has 13 heteroatoms. The second-order valence-electron chi connectivity index (χ2n) is 11.5. The highest BCUT2D eigenvalue weighted by atomic mass is 32.2. The zero-order valence-corrected chi connectivity index (χ0v) is 23.9. The molecule has 0 spiro atoms. The largest absolute Gasteiger partial charge is 0.478 e. The normalized spacial score (nSPS) is 23.2. The molecule has 1 aromatic carbocycles. The second kappa shape index (κ2) is 11.6. The lowest BCUT2D eigenvalue weighted by molar-refractivity contribution is 0.0696. The number of carboxylic acid groups (broad SMARTS) is 1. The number of hydrogen-bond donors (Lipinski definition) is 3. The van der Waals surface area contributed by atoms with Gasteiger partial charge in [0.15, 0.2) is 17.0 Å². The number of carbonyl (C=O) groups is 1. The minimum Gasteiger partial charge on any atom is -0.478 e. The fraction of sp³-hybridized carbons (Fsp3) is 0.571. The molecule has 3 heterocycles. The lowest BCUT2D eigenvalue weighted by atomic mass is 9.92. The number of nitrogens with two attached hydrogens (primary N) is 1. The maximum atomic E-state index is 13.4. The van der Waals surface area contributed by atoms with Gasteiger partial charge < -0.3 is 15.4 Å². The fourth-order valence-electron chi connectivity index (χ4n) is 6.53. The lowest BCUT2D eigenvalue weighted by Crippen LogP contribution is -2.56. The summed E-state index contributed by atoms with van der Waals surface area (Å²) in [6.07, 6.45) is 13.1. The Balaban J connectivity index is 1.26. The Morgan fingerprint density at radius 2 is 1.73 bits per heavy atom. The van der Waals surface area contributed by atoms with Crippen LogP contribution in [0.5, 0.6) is 0 Å². The van der Waals surface area contributed by atoms with Crippen LogP contribution in [0.3, 0.4) is 0 Å². The topological polar surface area (TPSA) is 160 Å². The number of rotatable bonds is 8. The number of hydrazine groups is 1. The van der Waals surface area contributed by atoms with Crippen LogP contribution < -0.4 is 16.2 Å². The molecular formula is C28H38N8O4S. The summed E-state index contributed by atoms with van der Waals surface area (Å²) in [5, 5.41) is 11.4. The predicted octanol–water partition coefficient (Wildman–Crippen LogP) is 3.07. The molecule has 0 radical (unpaired) electrons. The SMILES string of the molecule is NC1CCC(NN(c2ncnc3c2ncn3C2CCCC2)C2CCN(S(=O)(=O)c3cccc(C(=O)O)c3)CC2)CC1. The highest BCUT2D eigenvalue weighted by molar-refractivity contribution is 7.89. The summed E-state index contributed by atoms with van der Waals surface area (Å²) in [7, 11) is -3.83. The second-order valence-corrected chi connectivity index (χ2v) is 13.5. The number of nitrogens with one attached hydrogen (secondary N) is 1. The standard InChI is InChI=1S/C28H38N8O4S/c29-20-8-10-21(11-9-20)33-36(27-25-26(30-17-31-27)35(18-32-25)22-5-1-2-6-22)23-12-14-34(15-13-23)41(39,40)24-7-3-4-19(16-24)28(37)38/h3-4,7,16-18,20-23,33H,1-2,5-6,8-15,29H2,(H,37,38). The van der Waals surface area contributed by atoms with Crippen LogP contribution in [-0.4, -0.2) is 74.5 Å². The number of piperidine rings is 1. The lowest BCUT2D eigenvalue weighted by Gasteiger charge is -2.41. The number of aromatic carboxylic acids is 1. The van der Waals surface area contributed by atoms with Crippen molar-refractivity contribution in [2.24, 2.45) is 5.73 Å². The van der Waals surface area contributed by atoms with Crippen LogP contribution in [0.25, 0.3) is 11.2 Å². The van der Waals surface area contributed by atoms with Crippen LogP contribution in [0.1, 0.15) is 80.6 Å². The molecule has 0 amide bonds. The molecule has 2 aromatic heterocycles. The number of sulfonamides is 1. The van der Waals surface area contributed by atoms with Crippen LogP contribution in [0.15, 0.2) is 41.8 Å². The first-order valence-corrected chi connectivity index (χ1v) is 16.1. The van der Waals surface area contributed by atoms with Crippen molar-refractivity contribution in [1.82, 2.24) is 29.3 Å². The Morgan fingerprint density at radius 1 is 1.00 bits per heavy atom. The Labute approximate surface area is 240 Å². The van der Waals surface area contributed by atoms with Crippen molar-refractivity contribution in [2.75, 3.05) is 18.1 Å². The molecule has 1 aliphatic heterocycles. The third-order valence-electron chi connectivity index (χ3n) is 8.89. The first-order valence-electron chi connectivity index (χ1n) is 14.6. The summed E-state index contributed by atoms with van der Waals surface area (Å²) in [5.41, 5.74) is 11.5. The Bertz CT molecular complexity index is 1490. The number of hydrogen-bond acceptors (Lipinski definition) is 9. The molecule has 220 valence electrons. The fourth-order valence-corrected chi connectivity index (χ4v) is 8.05. The number of aromatic nitrogens is 4. The quantitative estimate of drug-likeness (QED) is 0.337. The van der Waals surface area contributed by atoms with E-state index in [-0.39, 0.29) is 28.6 Å². The molecule has 3 fully saturated rings. The van der Waals surface area contributed by atoms with Crippen LogP contribution >= 0.6 is 0 Å². The van der Waals surface area contributed by atoms with Gasteiger partial charge in [-0.05, 0) is 69.6 Å². The molecule has 1 saturated heterocycles. The maximum Gasteiger partial charge on any atom is 0.335 e. The van der Waals surface area contributed by atoms with E-state index in [0.29, 0.717) is 32.0 Å². The number of benzene rings is 1. The highest BCUT2D eigenvalue weighted by Gasteiger charge is 2.35. The maximum absolute atomic E-state index is 13.4. The number of carboxylic acids is 1. The third-order valence-corrected chi connectivity index (χ3v) is 10.8. The van der Waals surface area contributed by atoms with Crippen molar-refractivity contribution < 1.29 is 18.3 Å². The van der Waals surface area contributed by atoms with Gasteiger partial charge >= 0.3 is 5.97 Å². The van der Waals surface area contributed by atoms with Crippen LogP contribution in [-0.2, 0) is 10.0 Å². The van der Waals surface area contributed by atoms with Gasteiger partial charge in [0, 0.05) is 37.3 Å². The van der Waals surface area contributed by atoms with Gasteiger partial charge in [-0.15, -0.1) is 0 Å². The summed E-state index contributed by atoms with van der Waals surface area (Å²) in [6.45, 7) is 0.617. The van der Waals surface area contributed by atoms with Crippen LogP contribution in [0.4, 0.5) is 5.82 Å². The van der Waals surface area contributed by atoms with E-state index >= 15 is 0 Å². The van der Waals surface area contributed by atoms with Gasteiger partial charge in [0.2, 0.25) is 10.0 Å². The third kappa shape index (κ3) is 5.68. The molecule has 4 N–H and O–H groups in total. The average Bonchev–Trinajstić information content (AvgIpc) is 3.67. The summed E-state index contributed by atoms with van der Waals surface area (Å²) in [5.74, 6) is -0.435. The smallest absolute Gasteiger partial charge is 0.335 e. The Hall–Kier alpha value is -3.13. The van der Waals surface area contributed by atoms with Crippen molar-refractivity contribution in [3.63, 3.8) is 0 Å². The van der Waals surface area contributed by atoms with Crippen molar-refractivity contribution in [1.29, 1.82) is 0 Å². The zero-order valence-electron chi connectivity index (χ0n) is 23.1. The number of fused-ring (bicyclic) bond motifs is 1. The van der Waals surface area contributed by atoms with Crippen LogP contribution in [0, 0.1) is 0 Å². The molecule has 0 bridgehead atoms. The van der Waals surface area contributed by atoms with E-state index in [1.807, 2.05) is 6.33 Å². The number of nitrogens with zero attached hydrogens (tertiary/aromatic N) is 6. The van der Waals surface area contributed by atoms with Crippen molar-refractivity contribution in [2.45, 2.75) is 93.3 Å². The first-order chi connectivity index (χ1) is 19.8. The van der Waals surface area contributed by atoms with E-state index < -0.39 is 16.0 Å². The number of anilines is 1. The Morgan fingerprint density at radius 3 is 2.44 bits per heavy atom. The number of imidazole rings is 1. The summed E-state index contributed by atoms with van der Waals surface area (Å²) >= 11 is 0. The van der Waals surface area contributed by atoms with E-state index in [9.17, 15) is 18.3 Å². The highest BCUT2D eigenvalue weighted by Crippen LogP contribution is 2.34. The van der Waals surface area contributed by atoms with Gasteiger partial charge in [0.1, 0.15) is 6.33 Å². The summed E-state index contributed by atoms with van der Waals surface area (Å²) in [4.78, 5) is 25.5. The van der Waals surface area contributed by atoms with E-state index in [4.69, 9.17) is 15.7 Å². The van der Waals surface area contributed by atoms with E-state index in [1.165, 1.54) is 41.4 Å². The molecule has 0 atom stereocenters. The molecule has 0 unspecified atom stereocenters. The summed E-state index contributed by atoms with van der Waals surface area (Å²) < 4.78 is 30.5. The van der Waals surface area contributed by atoms with E-state index in [2.05, 4.69) is 20.0 Å². The first kappa shape index (κ1) is 28.0. The molecule has 12 nitrogen and oxygen atoms in total. The van der Waals surface area contributed by atoms with Gasteiger partial charge in [0.25, 0.3) is 0 Å². The van der Waals surface area contributed by atoms with Crippen molar-refractivity contribution in [3.05, 3.63) is 42.5 Å². The average molecular weight is 583 g/mol. The molecular weight excluding hydrogens is 544 g/mol. The van der Waals surface area contributed by atoms with Crippen LogP contribution in [0.2, 0.25) is 0 Å². The monoisotopic (exact) mass is 582 g/mol. The summed E-state index contributed by atoms with van der Waals surface area (Å²) in [6, 6.07) is 6.38. The molecule has 2 saturated carbocycles. The zero-order chi connectivity index (χ0) is 28.6. The Kier molecular flexibility index (Phi) is 7.94. The predicted molar refractivity (Wildman–Crippen MR) is 154 cm³/mol. The molecule has 41 heavy (non-hydrogen) atoms. The van der Waals surface area contributed by atoms with Gasteiger partial charge in [-0.3, -0.25) is 5.01 Å². The van der Waals surface area contributed by atoms with E-state index in [0.717, 1.165) is 55.5 Å². The van der Waals surface area contributed by atoms with Gasteiger partial charge in [-0.2, -0.15) is 4.31 Å². The van der Waals surface area contributed by atoms with Gasteiger partial charge in [-0.1, -0.05) is 18.9 Å². The van der Waals surface area contributed by atoms with E-state index in [1.54, 1.807) is 6.33 Å².